The quantitative estimate of drug-likeness (QED) is 0.850. The van der Waals surface area contributed by atoms with Crippen molar-refractivity contribution in [3.8, 4) is 0 Å². The molecule has 1 aliphatic carbocycles. The van der Waals surface area contributed by atoms with Gasteiger partial charge in [-0.25, -0.2) is 0 Å². The smallest absolute Gasteiger partial charge is 0.0438 e. The summed E-state index contributed by atoms with van der Waals surface area (Å²) in [6.45, 7) is 3.20. The van der Waals surface area contributed by atoms with Crippen molar-refractivity contribution in [2.75, 3.05) is 20.6 Å². The molecule has 1 saturated carbocycles. The van der Waals surface area contributed by atoms with Crippen LogP contribution in [0.25, 0.3) is 0 Å². The number of halogens is 1. The van der Waals surface area contributed by atoms with Gasteiger partial charge in [-0.2, -0.15) is 0 Å². The van der Waals surface area contributed by atoms with E-state index >= 15 is 0 Å². The lowest BCUT2D eigenvalue weighted by Gasteiger charge is -2.49. The Balaban J connectivity index is 2.25. The van der Waals surface area contributed by atoms with E-state index in [1.54, 1.807) is 0 Å². The van der Waals surface area contributed by atoms with Gasteiger partial charge in [0.25, 0.3) is 0 Å². The molecule has 1 aromatic rings. The molecule has 1 atom stereocenters. The molecule has 0 radical (unpaired) electrons. The van der Waals surface area contributed by atoms with Gasteiger partial charge in [-0.05, 0) is 51.5 Å². The second-order valence-corrected chi connectivity index (χ2v) is 6.87. The first-order valence-corrected chi connectivity index (χ1v) is 8.62. The predicted octanol–water partition coefficient (Wildman–Crippen LogP) is 4.13. The van der Waals surface area contributed by atoms with Gasteiger partial charge in [0.1, 0.15) is 0 Å². The first-order valence-electron chi connectivity index (χ1n) is 8.24. The molecule has 0 spiro atoms. The van der Waals surface area contributed by atoms with E-state index in [-0.39, 0.29) is 5.54 Å². The van der Waals surface area contributed by atoms with Gasteiger partial charge < -0.3 is 10.2 Å². The topological polar surface area (TPSA) is 15.3 Å². The van der Waals surface area contributed by atoms with Gasteiger partial charge in [0.05, 0.1) is 0 Å². The van der Waals surface area contributed by atoms with Crippen LogP contribution in [0.15, 0.2) is 24.3 Å². The fraction of sp³-hybridized carbons (Fsp3) is 0.667. The first kappa shape index (κ1) is 16.8. The highest BCUT2D eigenvalue weighted by molar-refractivity contribution is 6.31. The van der Waals surface area contributed by atoms with Crippen LogP contribution in [-0.2, 0) is 6.42 Å². The van der Waals surface area contributed by atoms with Gasteiger partial charge in [-0.3, -0.25) is 0 Å². The molecule has 118 valence electrons. The second-order valence-electron chi connectivity index (χ2n) is 6.46. The molecular formula is C18H29ClN2. The highest BCUT2D eigenvalue weighted by Gasteiger charge is 2.41. The van der Waals surface area contributed by atoms with Crippen molar-refractivity contribution >= 4 is 11.6 Å². The van der Waals surface area contributed by atoms with Crippen molar-refractivity contribution in [2.24, 2.45) is 0 Å². The van der Waals surface area contributed by atoms with Crippen LogP contribution in [0.3, 0.4) is 0 Å². The van der Waals surface area contributed by atoms with Gasteiger partial charge in [0.2, 0.25) is 0 Å². The number of nitrogens with zero attached hydrogens (tertiary/aromatic N) is 1. The van der Waals surface area contributed by atoms with Crippen LogP contribution in [0, 0.1) is 0 Å². The monoisotopic (exact) mass is 308 g/mol. The summed E-state index contributed by atoms with van der Waals surface area (Å²) in [6.07, 6.45) is 7.61. The maximum atomic E-state index is 6.39. The Morgan fingerprint density at radius 3 is 2.43 bits per heavy atom. The van der Waals surface area contributed by atoms with Crippen molar-refractivity contribution in [1.29, 1.82) is 0 Å². The molecular weight excluding hydrogens is 280 g/mol. The molecule has 1 aliphatic rings. The summed E-state index contributed by atoms with van der Waals surface area (Å²) in [6, 6.07) is 8.73. The van der Waals surface area contributed by atoms with E-state index < -0.39 is 0 Å². The lowest BCUT2D eigenvalue weighted by Crippen LogP contribution is -2.60. The molecule has 1 fully saturated rings. The van der Waals surface area contributed by atoms with Gasteiger partial charge in [-0.1, -0.05) is 56.0 Å². The van der Waals surface area contributed by atoms with Crippen LogP contribution in [-0.4, -0.2) is 37.1 Å². The molecule has 0 saturated heterocycles. The van der Waals surface area contributed by atoms with Gasteiger partial charge >= 0.3 is 0 Å². The van der Waals surface area contributed by atoms with Crippen molar-refractivity contribution in [3.05, 3.63) is 34.9 Å². The van der Waals surface area contributed by atoms with Crippen molar-refractivity contribution in [3.63, 3.8) is 0 Å². The Labute approximate surface area is 134 Å². The highest BCUT2D eigenvalue weighted by Crippen LogP contribution is 2.37. The Kier molecular flexibility index (Phi) is 6.09. The molecule has 3 heteroatoms. The van der Waals surface area contributed by atoms with Crippen LogP contribution in [0.5, 0.6) is 0 Å². The average molecular weight is 309 g/mol. The number of nitrogens with one attached hydrogen (secondary N) is 1. The number of benzene rings is 1. The van der Waals surface area contributed by atoms with E-state index in [2.05, 4.69) is 43.4 Å². The Bertz CT molecular complexity index is 439. The molecule has 1 aromatic carbocycles. The van der Waals surface area contributed by atoms with Crippen LogP contribution in [0.1, 0.15) is 44.6 Å². The minimum absolute atomic E-state index is 0.257. The molecule has 0 bridgehead atoms. The number of likely N-dealkylation sites (N-methyl/N-ethyl adjacent to an activating group) is 2. The summed E-state index contributed by atoms with van der Waals surface area (Å²) in [5, 5.41) is 4.64. The standard InChI is InChI=1S/C18H29ClN2/c1-4-20-17(14-15-10-6-7-11-16(15)19)18(21(2)3)12-8-5-9-13-18/h6-7,10-11,17,20H,4-5,8-9,12-14H2,1-3H3. The van der Waals surface area contributed by atoms with E-state index in [0.29, 0.717) is 6.04 Å². The third kappa shape index (κ3) is 3.80. The van der Waals surface area contributed by atoms with E-state index in [4.69, 9.17) is 11.6 Å². The SMILES string of the molecule is CCNC(Cc1ccccc1Cl)C1(N(C)C)CCCCC1. The molecule has 0 aromatic heterocycles. The van der Waals surface area contributed by atoms with Crippen LogP contribution in [0.4, 0.5) is 0 Å². The van der Waals surface area contributed by atoms with Crippen LogP contribution >= 0.6 is 11.6 Å². The van der Waals surface area contributed by atoms with E-state index in [1.165, 1.54) is 37.7 Å². The maximum absolute atomic E-state index is 6.39. The third-order valence-corrected chi connectivity index (χ3v) is 5.46. The van der Waals surface area contributed by atoms with Gasteiger partial charge in [-0.15, -0.1) is 0 Å². The third-order valence-electron chi connectivity index (χ3n) is 5.09. The summed E-state index contributed by atoms with van der Waals surface area (Å²) < 4.78 is 0. The van der Waals surface area contributed by atoms with Crippen LogP contribution in [0.2, 0.25) is 5.02 Å². The molecule has 0 aliphatic heterocycles. The normalized spacial score (nSPS) is 19.7. The molecule has 2 nitrogen and oxygen atoms in total. The largest absolute Gasteiger partial charge is 0.312 e. The maximum Gasteiger partial charge on any atom is 0.0438 e. The van der Waals surface area contributed by atoms with E-state index in [9.17, 15) is 0 Å². The highest BCUT2D eigenvalue weighted by atomic mass is 35.5. The Morgan fingerprint density at radius 1 is 1.19 bits per heavy atom. The molecule has 1 unspecified atom stereocenters. The lowest BCUT2D eigenvalue weighted by molar-refractivity contribution is 0.0575. The van der Waals surface area contributed by atoms with E-state index in [1.807, 2.05) is 12.1 Å². The fourth-order valence-electron chi connectivity index (χ4n) is 3.85. The Morgan fingerprint density at radius 2 is 1.86 bits per heavy atom. The summed E-state index contributed by atoms with van der Waals surface area (Å²) in [7, 11) is 4.48. The summed E-state index contributed by atoms with van der Waals surface area (Å²) in [4.78, 5) is 2.45. The van der Waals surface area contributed by atoms with Crippen molar-refractivity contribution in [1.82, 2.24) is 10.2 Å². The zero-order valence-corrected chi connectivity index (χ0v) is 14.4. The molecule has 0 amide bonds. The van der Waals surface area contributed by atoms with Gasteiger partial charge in [0, 0.05) is 16.6 Å². The fourth-order valence-corrected chi connectivity index (χ4v) is 4.07. The lowest BCUT2D eigenvalue weighted by atomic mass is 9.73. The van der Waals surface area contributed by atoms with Crippen molar-refractivity contribution in [2.45, 2.75) is 57.0 Å². The van der Waals surface area contributed by atoms with Crippen LogP contribution < -0.4 is 5.32 Å². The summed E-state index contributed by atoms with van der Waals surface area (Å²) in [5.74, 6) is 0. The molecule has 21 heavy (non-hydrogen) atoms. The van der Waals surface area contributed by atoms with E-state index in [0.717, 1.165) is 18.0 Å². The average Bonchev–Trinajstić information content (AvgIpc) is 2.49. The summed E-state index contributed by atoms with van der Waals surface area (Å²) >= 11 is 6.39. The number of rotatable bonds is 6. The molecule has 1 N–H and O–H groups in total. The zero-order chi connectivity index (χ0) is 15.3. The second kappa shape index (κ2) is 7.62. The van der Waals surface area contributed by atoms with Crippen molar-refractivity contribution < 1.29 is 0 Å². The number of hydrogen-bond acceptors (Lipinski definition) is 2. The number of hydrogen-bond donors (Lipinski definition) is 1. The molecule has 2 rings (SSSR count). The molecule has 0 heterocycles. The summed E-state index contributed by atoms with van der Waals surface area (Å²) in [5.41, 5.74) is 1.52. The first-order chi connectivity index (χ1) is 10.1. The Hall–Kier alpha value is -0.570. The minimum atomic E-state index is 0.257. The zero-order valence-electron chi connectivity index (χ0n) is 13.7. The predicted molar refractivity (Wildman–Crippen MR) is 92.1 cm³/mol. The minimum Gasteiger partial charge on any atom is -0.312 e. The van der Waals surface area contributed by atoms with Gasteiger partial charge in [0.15, 0.2) is 0 Å².